The predicted molar refractivity (Wildman–Crippen MR) is 107 cm³/mol. The number of likely N-dealkylation sites (N-methyl/N-ethyl adjacent to an activating group) is 1. The number of hydrogen-bond donors (Lipinski definition) is 0. The van der Waals surface area contributed by atoms with Crippen molar-refractivity contribution in [3.05, 3.63) is 62.7 Å². The number of amides is 1. The third-order valence-corrected chi connectivity index (χ3v) is 5.42. The van der Waals surface area contributed by atoms with Gasteiger partial charge in [-0.25, -0.2) is 9.37 Å². The highest BCUT2D eigenvalue weighted by Gasteiger charge is 2.16. The van der Waals surface area contributed by atoms with Gasteiger partial charge < -0.3 is 9.64 Å². The number of carbonyl (C=O) groups is 2. The molecule has 10 heteroatoms. The van der Waals surface area contributed by atoms with Crippen molar-refractivity contribution in [2.75, 3.05) is 13.7 Å². The standard InChI is InChI=1S/C19H17ClFN3O4S/c1-23(9-13-14(20)3-2-4-15(13)21)16(25)10-28-17(26)5-7-24-11-22-18-12(19(24)27)6-8-29-18/h2-4,6,8,11H,5,7,9-10H2,1H3. The number of benzene rings is 1. The Hall–Kier alpha value is -2.78. The highest BCUT2D eigenvalue weighted by Crippen LogP contribution is 2.20. The smallest absolute Gasteiger partial charge is 0.308 e. The van der Waals surface area contributed by atoms with Crippen molar-refractivity contribution in [3.8, 4) is 0 Å². The molecule has 3 rings (SSSR count). The molecule has 0 aliphatic rings. The van der Waals surface area contributed by atoms with Crippen LogP contribution in [0.15, 0.2) is 40.8 Å². The lowest BCUT2D eigenvalue weighted by atomic mass is 10.2. The van der Waals surface area contributed by atoms with Gasteiger partial charge in [0.05, 0.1) is 18.1 Å². The summed E-state index contributed by atoms with van der Waals surface area (Å²) in [5, 5.41) is 2.48. The average Bonchev–Trinajstić information content (AvgIpc) is 3.18. The second-order valence-corrected chi connectivity index (χ2v) is 7.55. The maximum absolute atomic E-state index is 13.8. The van der Waals surface area contributed by atoms with Gasteiger partial charge >= 0.3 is 5.97 Å². The summed E-state index contributed by atoms with van der Waals surface area (Å²) < 4.78 is 20.1. The first kappa shape index (κ1) is 20.9. The molecule has 0 unspecified atom stereocenters. The molecule has 0 radical (unpaired) electrons. The largest absolute Gasteiger partial charge is 0.456 e. The van der Waals surface area contributed by atoms with E-state index in [1.54, 1.807) is 11.4 Å². The maximum Gasteiger partial charge on any atom is 0.308 e. The molecular weight excluding hydrogens is 421 g/mol. The van der Waals surface area contributed by atoms with Gasteiger partial charge in [0.1, 0.15) is 10.6 Å². The van der Waals surface area contributed by atoms with Crippen LogP contribution in [0, 0.1) is 5.82 Å². The SMILES string of the molecule is CN(Cc1c(F)cccc1Cl)C(=O)COC(=O)CCn1cnc2sccc2c1=O. The molecule has 1 amide bonds. The van der Waals surface area contributed by atoms with Crippen LogP contribution in [0.1, 0.15) is 12.0 Å². The van der Waals surface area contributed by atoms with E-state index in [1.807, 2.05) is 0 Å². The third kappa shape index (κ3) is 4.99. The van der Waals surface area contributed by atoms with Crippen LogP contribution in [0.2, 0.25) is 5.02 Å². The zero-order valence-corrected chi connectivity index (χ0v) is 17.0. The third-order valence-electron chi connectivity index (χ3n) is 4.25. The number of fused-ring (bicyclic) bond motifs is 1. The Balaban J connectivity index is 1.50. The van der Waals surface area contributed by atoms with Gasteiger partial charge in [-0.3, -0.25) is 19.0 Å². The van der Waals surface area contributed by atoms with Gasteiger partial charge in [0.25, 0.3) is 11.5 Å². The summed E-state index contributed by atoms with van der Waals surface area (Å²) in [6.45, 7) is -0.451. The zero-order valence-electron chi connectivity index (χ0n) is 15.4. The van der Waals surface area contributed by atoms with Crippen LogP contribution in [0.25, 0.3) is 10.2 Å². The molecule has 0 spiro atoms. The second-order valence-electron chi connectivity index (χ2n) is 6.24. The summed E-state index contributed by atoms with van der Waals surface area (Å²) in [7, 11) is 1.46. The van der Waals surface area contributed by atoms with Gasteiger partial charge in [-0.1, -0.05) is 17.7 Å². The van der Waals surface area contributed by atoms with E-state index in [0.29, 0.717) is 10.2 Å². The normalized spacial score (nSPS) is 10.9. The van der Waals surface area contributed by atoms with Gasteiger partial charge in [0.2, 0.25) is 0 Å². The molecule has 0 N–H and O–H groups in total. The van der Waals surface area contributed by atoms with Crippen LogP contribution < -0.4 is 5.56 Å². The number of ether oxygens (including phenoxy) is 1. The number of halogens is 2. The first-order chi connectivity index (χ1) is 13.9. The van der Waals surface area contributed by atoms with Crippen molar-refractivity contribution in [2.24, 2.45) is 0 Å². The summed E-state index contributed by atoms with van der Waals surface area (Å²) >= 11 is 7.31. The van der Waals surface area contributed by atoms with Crippen LogP contribution >= 0.6 is 22.9 Å². The van der Waals surface area contributed by atoms with Crippen LogP contribution in [0.4, 0.5) is 4.39 Å². The monoisotopic (exact) mass is 437 g/mol. The molecule has 0 saturated carbocycles. The fourth-order valence-electron chi connectivity index (χ4n) is 2.60. The maximum atomic E-state index is 13.8. The lowest BCUT2D eigenvalue weighted by Gasteiger charge is -2.18. The Kier molecular flexibility index (Phi) is 6.60. The molecule has 0 fully saturated rings. The van der Waals surface area contributed by atoms with Crippen LogP contribution in [0.3, 0.4) is 0 Å². The summed E-state index contributed by atoms with van der Waals surface area (Å²) in [5.74, 6) is -1.65. The van der Waals surface area contributed by atoms with Gasteiger partial charge in [-0.2, -0.15) is 0 Å². The van der Waals surface area contributed by atoms with E-state index >= 15 is 0 Å². The van der Waals surface area contributed by atoms with Crippen molar-refractivity contribution in [1.82, 2.24) is 14.5 Å². The first-order valence-electron chi connectivity index (χ1n) is 8.62. The van der Waals surface area contributed by atoms with Crippen molar-refractivity contribution >= 4 is 45.0 Å². The topological polar surface area (TPSA) is 81.5 Å². The van der Waals surface area contributed by atoms with Crippen molar-refractivity contribution in [3.63, 3.8) is 0 Å². The Morgan fingerprint density at radius 1 is 1.34 bits per heavy atom. The molecular formula is C19H17ClFN3O4S. The quantitative estimate of drug-likeness (QED) is 0.531. The number of aromatic nitrogens is 2. The Morgan fingerprint density at radius 3 is 2.90 bits per heavy atom. The summed E-state index contributed by atoms with van der Waals surface area (Å²) in [6, 6.07) is 5.94. The number of hydrogen-bond acceptors (Lipinski definition) is 6. The average molecular weight is 438 g/mol. The summed E-state index contributed by atoms with van der Waals surface area (Å²) in [5.41, 5.74) is -0.0475. The molecule has 3 aromatic rings. The van der Waals surface area contributed by atoms with Crippen LogP contribution in [0.5, 0.6) is 0 Å². The van der Waals surface area contributed by atoms with Gasteiger partial charge in [-0.05, 0) is 23.6 Å². The van der Waals surface area contributed by atoms with E-state index in [4.69, 9.17) is 16.3 Å². The van der Waals surface area contributed by atoms with Crippen molar-refractivity contribution < 1.29 is 18.7 Å². The van der Waals surface area contributed by atoms with Crippen LogP contribution in [-0.2, 0) is 27.4 Å². The van der Waals surface area contributed by atoms with E-state index in [2.05, 4.69) is 4.98 Å². The summed E-state index contributed by atoms with van der Waals surface area (Å²) in [4.78, 5) is 42.3. The van der Waals surface area contributed by atoms with E-state index in [0.717, 1.165) is 0 Å². The van der Waals surface area contributed by atoms with Crippen LogP contribution in [-0.4, -0.2) is 40.0 Å². The molecule has 1 aromatic carbocycles. The Labute approximate surface area is 174 Å². The molecule has 0 bridgehead atoms. The molecule has 2 aromatic heterocycles. The number of rotatable bonds is 7. The number of esters is 1. The minimum atomic E-state index is -0.631. The van der Waals surface area contributed by atoms with Gasteiger partial charge in [0, 0.05) is 30.7 Å². The number of aryl methyl sites for hydroxylation is 1. The fraction of sp³-hybridized carbons (Fsp3) is 0.263. The minimum Gasteiger partial charge on any atom is -0.456 e. The first-order valence-corrected chi connectivity index (χ1v) is 9.87. The molecule has 0 aliphatic heterocycles. The van der Waals surface area contributed by atoms with E-state index in [9.17, 15) is 18.8 Å². The molecule has 29 heavy (non-hydrogen) atoms. The lowest BCUT2D eigenvalue weighted by molar-refractivity contribution is -0.151. The molecule has 2 heterocycles. The molecule has 152 valence electrons. The summed E-state index contributed by atoms with van der Waals surface area (Å²) in [6.07, 6.45) is 1.29. The van der Waals surface area contributed by atoms with E-state index < -0.39 is 24.3 Å². The van der Waals surface area contributed by atoms with Gasteiger partial charge in [-0.15, -0.1) is 11.3 Å². The van der Waals surface area contributed by atoms with E-state index in [1.165, 1.54) is 52.4 Å². The molecule has 7 nitrogen and oxygen atoms in total. The highest BCUT2D eigenvalue weighted by atomic mass is 35.5. The molecule has 0 saturated heterocycles. The predicted octanol–water partition coefficient (Wildman–Crippen LogP) is 2.84. The zero-order chi connectivity index (χ0) is 21.0. The Bertz CT molecular complexity index is 1090. The van der Waals surface area contributed by atoms with Crippen molar-refractivity contribution in [1.29, 1.82) is 0 Å². The van der Waals surface area contributed by atoms with Gasteiger partial charge in [0.15, 0.2) is 6.61 Å². The Morgan fingerprint density at radius 2 is 2.14 bits per heavy atom. The number of thiophene rings is 1. The number of carbonyl (C=O) groups excluding carboxylic acids is 2. The highest BCUT2D eigenvalue weighted by molar-refractivity contribution is 7.16. The fourth-order valence-corrected chi connectivity index (χ4v) is 3.54. The van der Waals surface area contributed by atoms with E-state index in [-0.39, 0.29) is 35.7 Å². The molecule has 0 atom stereocenters. The lowest BCUT2D eigenvalue weighted by Crippen LogP contribution is -2.31. The molecule has 0 aliphatic carbocycles. The second kappa shape index (κ2) is 9.15. The van der Waals surface area contributed by atoms with Crippen molar-refractivity contribution in [2.45, 2.75) is 19.5 Å². The number of nitrogens with zero attached hydrogens (tertiary/aromatic N) is 3. The minimum absolute atomic E-state index is 0.0520.